The van der Waals surface area contributed by atoms with Crippen LogP contribution in [0.3, 0.4) is 0 Å². The Kier molecular flexibility index (Phi) is 4.44. The molecule has 1 unspecified atom stereocenters. The van der Waals surface area contributed by atoms with Crippen LogP contribution < -0.4 is 0 Å². The van der Waals surface area contributed by atoms with E-state index in [1.807, 2.05) is 0 Å². The van der Waals surface area contributed by atoms with E-state index in [4.69, 9.17) is 9.84 Å². The van der Waals surface area contributed by atoms with Crippen molar-refractivity contribution in [2.45, 2.75) is 19.4 Å². The number of hydrogen-bond acceptors (Lipinski definition) is 3. The van der Waals surface area contributed by atoms with Crippen LogP contribution in [0.15, 0.2) is 0 Å². The summed E-state index contributed by atoms with van der Waals surface area (Å²) in [6.07, 6.45) is 0.130. The molecule has 0 bridgehead atoms. The molecule has 0 aromatic carbocycles. The number of ether oxygens (including phenoxy) is 1. The first-order chi connectivity index (χ1) is 6.74. The number of nitrogens with zero attached hydrogens (tertiary/aromatic N) is 1. The summed E-state index contributed by atoms with van der Waals surface area (Å²) in [7, 11) is 0. The molecule has 0 radical (unpaired) electrons. The maximum atomic E-state index is 10.6. The molecule has 0 aliphatic carbocycles. The van der Waals surface area contributed by atoms with E-state index in [0.29, 0.717) is 19.8 Å². The second-order valence-corrected chi connectivity index (χ2v) is 3.22. The van der Waals surface area contributed by atoms with E-state index in [9.17, 15) is 4.79 Å². The van der Waals surface area contributed by atoms with Gasteiger partial charge in [-0.15, -0.1) is 5.92 Å². The Labute approximate surface area is 83.8 Å². The van der Waals surface area contributed by atoms with E-state index in [1.165, 1.54) is 0 Å². The molecular weight excluding hydrogens is 182 g/mol. The van der Waals surface area contributed by atoms with Gasteiger partial charge >= 0.3 is 5.97 Å². The molecule has 14 heavy (non-hydrogen) atoms. The fraction of sp³-hybridized carbons (Fsp3) is 0.700. The molecule has 1 saturated heterocycles. The maximum absolute atomic E-state index is 10.6. The van der Waals surface area contributed by atoms with Gasteiger partial charge in [0, 0.05) is 12.6 Å². The molecule has 0 aromatic rings. The van der Waals surface area contributed by atoms with Gasteiger partial charge in [-0.2, -0.15) is 0 Å². The van der Waals surface area contributed by atoms with E-state index >= 15 is 0 Å². The number of carboxylic acid groups (broad SMARTS) is 1. The Hall–Kier alpha value is -1.05. The lowest BCUT2D eigenvalue weighted by molar-refractivity contribution is -0.140. The molecule has 1 N–H and O–H groups in total. The quantitative estimate of drug-likeness (QED) is 0.656. The normalized spacial score (nSPS) is 22.5. The van der Waals surface area contributed by atoms with Crippen molar-refractivity contribution >= 4 is 5.97 Å². The van der Waals surface area contributed by atoms with Crippen LogP contribution in [0.1, 0.15) is 13.3 Å². The fourth-order valence-corrected chi connectivity index (χ4v) is 1.47. The molecule has 0 amide bonds. The molecule has 1 heterocycles. The zero-order chi connectivity index (χ0) is 10.4. The summed E-state index contributed by atoms with van der Waals surface area (Å²) < 4.78 is 5.24. The van der Waals surface area contributed by atoms with Crippen LogP contribution >= 0.6 is 0 Å². The van der Waals surface area contributed by atoms with Crippen LogP contribution in [-0.4, -0.2) is 48.3 Å². The Balaban J connectivity index is 2.48. The Morgan fingerprint density at radius 2 is 2.50 bits per heavy atom. The third-order valence-electron chi connectivity index (χ3n) is 2.22. The minimum atomic E-state index is -0.782. The smallest absolute Gasteiger partial charge is 0.305 e. The minimum absolute atomic E-state index is 0.0258. The molecule has 1 aliphatic heterocycles. The molecule has 78 valence electrons. The van der Waals surface area contributed by atoms with Gasteiger partial charge in [0.1, 0.15) is 0 Å². The number of hydrogen-bond donors (Lipinski definition) is 1. The first kappa shape index (κ1) is 11.0. The molecule has 1 atom stereocenters. The van der Waals surface area contributed by atoms with Crippen molar-refractivity contribution in [2.75, 3.05) is 26.3 Å². The van der Waals surface area contributed by atoms with Crippen molar-refractivity contribution in [1.29, 1.82) is 0 Å². The first-order valence-corrected chi connectivity index (χ1v) is 4.67. The fourth-order valence-electron chi connectivity index (χ4n) is 1.47. The number of carbonyl (C=O) groups is 1. The Morgan fingerprint density at radius 1 is 1.71 bits per heavy atom. The number of aliphatic carboxylic acids is 1. The summed E-state index contributed by atoms with van der Waals surface area (Å²) in [6, 6.07) is -0.0258. The molecule has 4 nitrogen and oxygen atoms in total. The van der Waals surface area contributed by atoms with Gasteiger partial charge in [-0.3, -0.25) is 9.69 Å². The number of rotatable bonds is 3. The van der Waals surface area contributed by atoms with E-state index < -0.39 is 5.97 Å². The molecule has 1 fully saturated rings. The predicted molar refractivity (Wildman–Crippen MR) is 51.9 cm³/mol. The number of carboxylic acids is 1. The van der Waals surface area contributed by atoms with Gasteiger partial charge in [-0.25, -0.2) is 0 Å². The highest BCUT2D eigenvalue weighted by Crippen LogP contribution is 2.09. The second-order valence-electron chi connectivity index (χ2n) is 3.22. The van der Waals surface area contributed by atoms with Gasteiger partial charge in [0.05, 0.1) is 26.2 Å². The van der Waals surface area contributed by atoms with Crippen molar-refractivity contribution in [2.24, 2.45) is 0 Å². The molecule has 4 heteroatoms. The van der Waals surface area contributed by atoms with Crippen molar-refractivity contribution in [3.05, 3.63) is 0 Å². The van der Waals surface area contributed by atoms with Crippen LogP contribution in [0.4, 0.5) is 0 Å². The molecule has 1 aliphatic rings. The van der Waals surface area contributed by atoms with Crippen LogP contribution in [-0.2, 0) is 9.53 Å². The molecule has 0 aromatic heterocycles. The second kappa shape index (κ2) is 5.63. The predicted octanol–water partition coefficient (Wildman–Crippen LogP) is 0.185. The van der Waals surface area contributed by atoms with E-state index in [1.54, 1.807) is 6.92 Å². The summed E-state index contributed by atoms with van der Waals surface area (Å²) in [4.78, 5) is 12.6. The largest absolute Gasteiger partial charge is 0.481 e. The first-order valence-electron chi connectivity index (χ1n) is 4.67. The highest BCUT2D eigenvalue weighted by atomic mass is 16.5. The van der Waals surface area contributed by atoms with E-state index in [2.05, 4.69) is 16.7 Å². The lowest BCUT2D eigenvalue weighted by Gasteiger charge is -2.33. The summed E-state index contributed by atoms with van der Waals surface area (Å²) in [5.74, 6) is 4.98. The van der Waals surface area contributed by atoms with Gasteiger partial charge in [-0.05, 0) is 6.92 Å². The van der Waals surface area contributed by atoms with Crippen molar-refractivity contribution < 1.29 is 14.6 Å². The average Bonchev–Trinajstić information content (AvgIpc) is 2.16. The topological polar surface area (TPSA) is 49.8 Å². The van der Waals surface area contributed by atoms with Gasteiger partial charge in [0.15, 0.2) is 0 Å². The molecule has 1 rings (SSSR count). The van der Waals surface area contributed by atoms with Crippen LogP contribution in [0.2, 0.25) is 0 Å². The van der Waals surface area contributed by atoms with Crippen LogP contribution in [0.5, 0.6) is 0 Å². The molecular formula is C10H15NO3. The summed E-state index contributed by atoms with van der Waals surface area (Å²) in [5.41, 5.74) is 0. The standard InChI is InChI=1S/C10H15NO3/c1-2-3-4-11-5-6-14-8-9(11)7-10(12)13/h9H,4-8H2,1H3,(H,12,13). The third kappa shape index (κ3) is 3.36. The Morgan fingerprint density at radius 3 is 3.14 bits per heavy atom. The summed E-state index contributed by atoms with van der Waals surface area (Å²) in [5, 5.41) is 8.69. The lowest BCUT2D eigenvalue weighted by atomic mass is 10.1. The zero-order valence-electron chi connectivity index (χ0n) is 8.32. The van der Waals surface area contributed by atoms with Crippen LogP contribution in [0.25, 0.3) is 0 Å². The minimum Gasteiger partial charge on any atom is -0.481 e. The van der Waals surface area contributed by atoms with Crippen LogP contribution in [0, 0.1) is 11.8 Å². The zero-order valence-corrected chi connectivity index (χ0v) is 8.32. The highest BCUT2D eigenvalue weighted by Gasteiger charge is 2.24. The monoisotopic (exact) mass is 197 g/mol. The van der Waals surface area contributed by atoms with Gasteiger partial charge in [0.2, 0.25) is 0 Å². The van der Waals surface area contributed by atoms with Gasteiger partial charge in [0.25, 0.3) is 0 Å². The SMILES string of the molecule is CC#CCN1CCOCC1CC(=O)O. The third-order valence-corrected chi connectivity index (χ3v) is 2.22. The van der Waals surface area contributed by atoms with Crippen molar-refractivity contribution in [1.82, 2.24) is 4.90 Å². The van der Waals surface area contributed by atoms with E-state index in [-0.39, 0.29) is 12.5 Å². The Bertz CT molecular complexity index is 254. The van der Waals surface area contributed by atoms with Crippen molar-refractivity contribution in [3.63, 3.8) is 0 Å². The van der Waals surface area contributed by atoms with Gasteiger partial charge < -0.3 is 9.84 Å². The van der Waals surface area contributed by atoms with E-state index in [0.717, 1.165) is 6.54 Å². The lowest BCUT2D eigenvalue weighted by Crippen LogP contribution is -2.46. The highest BCUT2D eigenvalue weighted by molar-refractivity contribution is 5.67. The molecule has 0 spiro atoms. The average molecular weight is 197 g/mol. The summed E-state index contributed by atoms with van der Waals surface area (Å²) in [6.45, 7) is 4.36. The summed E-state index contributed by atoms with van der Waals surface area (Å²) >= 11 is 0. The number of morpholine rings is 1. The van der Waals surface area contributed by atoms with Gasteiger partial charge in [-0.1, -0.05) is 5.92 Å². The van der Waals surface area contributed by atoms with Crippen molar-refractivity contribution in [3.8, 4) is 11.8 Å². The molecule has 0 saturated carbocycles. The maximum Gasteiger partial charge on any atom is 0.305 e.